The number of hydrogen-bond donors (Lipinski definition) is 0. The van der Waals surface area contributed by atoms with E-state index < -0.39 is 0 Å². The van der Waals surface area contributed by atoms with Gasteiger partial charge >= 0.3 is 0 Å². The third-order valence-electron chi connectivity index (χ3n) is 4.16. The van der Waals surface area contributed by atoms with Crippen LogP contribution in [0.2, 0.25) is 0 Å². The summed E-state index contributed by atoms with van der Waals surface area (Å²) in [5.41, 5.74) is 4.60. The number of benzene rings is 2. The molecule has 28 heavy (non-hydrogen) atoms. The fourth-order valence-electron chi connectivity index (χ4n) is 2.73. The summed E-state index contributed by atoms with van der Waals surface area (Å²) < 4.78 is 3.30. The van der Waals surface area contributed by atoms with Gasteiger partial charge in [-0.1, -0.05) is 30.0 Å². The van der Waals surface area contributed by atoms with Crippen LogP contribution in [0.4, 0.5) is 0 Å². The highest BCUT2D eigenvalue weighted by molar-refractivity contribution is 14.1. The van der Waals surface area contributed by atoms with Gasteiger partial charge in [-0.3, -0.25) is 9.55 Å². The normalized spacial score (nSPS) is 10.6. The van der Waals surface area contributed by atoms with Gasteiger partial charge in [-0.25, -0.2) is 4.98 Å². The molecule has 0 radical (unpaired) electrons. The third kappa shape index (κ3) is 4.26. The predicted octanol–water partition coefficient (Wildman–Crippen LogP) is 5.70. The number of nitriles is 1. The first kappa shape index (κ1) is 18.7. The van der Waals surface area contributed by atoms with Crippen molar-refractivity contribution in [2.24, 2.45) is 0 Å². The number of thioether (sulfide) groups is 1. The van der Waals surface area contributed by atoms with Crippen molar-refractivity contribution in [1.82, 2.24) is 14.5 Å². The molecule has 0 unspecified atom stereocenters. The van der Waals surface area contributed by atoms with Gasteiger partial charge in [0.2, 0.25) is 0 Å². The van der Waals surface area contributed by atoms with Crippen molar-refractivity contribution in [3.8, 4) is 23.0 Å². The SMILES string of the molecule is N#Cc1ccc(-c2cn(-c3ccc(I)cc3)c(SCc3ccccn3)n2)cc1. The van der Waals surface area contributed by atoms with E-state index in [2.05, 4.69) is 62.5 Å². The standard InChI is InChI=1S/C22H15IN4S/c23-18-8-10-20(11-9-18)27-14-21(17-6-4-16(13-24)5-7-17)26-22(27)28-15-19-3-1-2-12-25-19/h1-12,14H,15H2. The molecule has 0 saturated carbocycles. The lowest BCUT2D eigenvalue weighted by Crippen LogP contribution is -1.95. The van der Waals surface area contributed by atoms with Crippen LogP contribution in [0.1, 0.15) is 11.3 Å². The molecule has 4 nitrogen and oxygen atoms in total. The monoisotopic (exact) mass is 494 g/mol. The Morgan fingerprint density at radius 1 is 1.00 bits per heavy atom. The van der Waals surface area contributed by atoms with Gasteiger partial charge in [0, 0.05) is 33.0 Å². The molecule has 4 aromatic rings. The van der Waals surface area contributed by atoms with Gasteiger partial charge in [-0.05, 0) is 71.1 Å². The number of imidazole rings is 1. The Bertz CT molecular complexity index is 1110. The first-order valence-electron chi connectivity index (χ1n) is 8.61. The van der Waals surface area contributed by atoms with Crippen molar-refractivity contribution in [2.45, 2.75) is 10.9 Å². The summed E-state index contributed by atoms with van der Waals surface area (Å²) in [7, 11) is 0. The zero-order valence-electron chi connectivity index (χ0n) is 14.8. The van der Waals surface area contributed by atoms with Crippen LogP contribution >= 0.6 is 34.4 Å². The van der Waals surface area contributed by atoms with E-state index in [-0.39, 0.29) is 0 Å². The van der Waals surface area contributed by atoms with Crippen LogP contribution in [0.3, 0.4) is 0 Å². The first-order valence-corrected chi connectivity index (χ1v) is 10.7. The van der Waals surface area contributed by atoms with E-state index in [0.717, 1.165) is 33.5 Å². The highest BCUT2D eigenvalue weighted by Gasteiger charge is 2.12. The summed E-state index contributed by atoms with van der Waals surface area (Å²) in [5, 5.41) is 9.93. The van der Waals surface area contributed by atoms with E-state index in [1.54, 1.807) is 11.8 Å². The molecule has 0 saturated heterocycles. The number of halogens is 1. The predicted molar refractivity (Wildman–Crippen MR) is 120 cm³/mol. The highest BCUT2D eigenvalue weighted by Crippen LogP contribution is 2.29. The summed E-state index contributed by atoms with van der Waals surface area (Å²) in [6.45, 7) is 0. The summed E-state index contributed by atoms with van der Waals surface area (Å²) in [5.74, 6) is 0.745. The van der Waals surface area contributed by atoms with Gasteiger partial charge in [0.05, 0.1) is 23.0 Å². The second-order valence-corrected chi connectivity index (χ2v) is 8.24. The lowest BCUT2D eigenvalue weighted by atomic mass is 10.1. The molecule has 6 heteroatoms. The van der Waals surface area contributed by atoms with E-state index in [9.17, 15) is 0 Å². The van der Waals surface area contributed by atoms with E-state index in [1.807, 2.05) is 54.9 Å². The van der Waals surface area contributed by atoms with Gasteiger partial charge < -0.3 is 0 Å². The molecule has 2 aromatic heterocycles. The van der Waals surface area contributed by atoms with Crippen LogP contribution in [0.25, 0.3) is 16.9 Å². The van der Waals surface area contributed by atoms with E-state index in [4.69, 9.17) is 10.2 Å². The maximum atomic E-state index is 9.02. The topological polar surface area (TPSA) is 54.5 Å². The number of pyridine rings is 1. The Labute approximate surface area is 181 Å². The quantitative estimate of drug-likeness (QED) is 0.264. The van der Waals surface area contributed by atoms with Crippen molar-refractivity contribution >= 4 is 34.4 Å². The number of nitrogens with zero attached hydrogens (tertiary/aromatic N) is 4. The number of hydrogen-bond acceptors (Lipinski definition) is 4. The van der Waals surface area contributed by atoms with Gasteiger partial charge in [0.25, 0.3) is 0 Å². The molecule has 2 heterocycles. The van der Waals surface area contributed by atoms with E-state index >= 15 is 0 Å². The minimum absolute atomic E-state index is 0.644. The maximum Gasteiger partial charge on any atom is 0.173 e. The molecule has 0 aliphatic carbocycles. The van der Waals surface area contributed by atoms with Gasteiger partial charge in [0.15, 0.2) is 5.16 Å². The Morgan fingerprint density at radius 2 is 1.79 bits per heavy atom. The molecular weight excluding hydrogens is 479 g/mol. The lowest BCUT2D eigenvalue weighted by molar-refractivity contribution is 0.894. The third-order valence-corrected chi connectivity index (χ3v) is 5.87. The second kappa shape index (κ2) is 8.59. The summed E-state index contributed by atoms with van der Waals surface area (Å²) >= 11 is 3.96. The van der Waals surface area contributed by atoms with Gasteiger partial charge in [-0.15, -0.1) is 0 Å². The van der Waals surface area contributed by atoms with Gasteiger partial charge in [-0.2, -0.15) is 5.26 Å². The zero-order chi connectivity index (χ0) is 19.3. The molecule has 0 bridgehead atoms. The van der Waals surface area contributed by atoms with Crippen LogP contribution in [-0.4, -0.2) is 14.5 Å². The van der Waals surface area contributed by atoms with Crippen LogP contribution in [-0.2, 0) is 5.75 Å². The van der Waals surface area contributed by atoms with Crippen LogP contribution < -0.4 is 0 Å². The van der Waals surface area contributed by atoms with Crippen LogP contribution in [0, 0.1) is 14.9 Å². The lowest BCUT2D eigenvalue weighted by Gasteiger charge is -2.07. The van der Waals surface area contributed by atoms with Crippen LogP contribution in [0.5, 0.6) is 0 Å². The van der Waals surface area contributed by atoms with Crippen molar-refractivity contribution in [1.29, 1.82) is 5.26 Å². The maximum absolute atomic E-state index is 9.02. The Balaban J connectivity index is 1.70. The molecule has 2 aromatic carbocycles. The van der Waals surface area contributed by atoms with E-state index in [0.29, 0.717) is 5.56 Å². The average molecular weight is 494 g/mol. The summed E-state index contributed by atoms with van der Waals surface area (Å²) in [6.07, 6.45) is 3.86. The molecular formula is C22H15IN4S. The minimum atomic E-state index is 0.644. The molecule has 0 spiro atoms. The zero-order valence-corrected chi connectivity index (χ0v) is 17.8. The van der Waals surface area contributed by atoms with Crippen molar-refractivity contribution in [3.63, 3.8) is 0 Å². The molecule has 0 fully saturated rings. The molecule has 0 atom stereocenters. The Morgan fingerprint density at radius 3 is 2.46 bits per heavy atom. The minimum Gasteiger partial charge on any atom is -0.294 e. The fourth-order valence-corrected chi connectivity index (χ4v) is 4.00. The molecule has 0 N–H and O–H groups in total. The molecule has 0 aliphatic heterocycles. The Kier molecular flexibility index (Phi) is 5.74. The molecule has 0 amide bonds. The molecule has 136 valence electrons. The average Bonchev–Trinajstić information content (AvgIpc) is 3.18. The first-order chi connectivity index (χ1) is 13.7. The fraction of sp³-hybridized carbons (Fsp3) is 0.0455. The molecule has 4 rings (SSSR count). The smallest absolute Gasteiger partial charge is 0.173 e. The Hall–Kier alpha value is -2.63. The van der Waals surface area contributed by atoms with Crippen molar-refractivity contribution in [3.05, 3.63) is 94.0 Å². The number of rotatable bonds is 5. The molecule has 0 aliphatic rings. The summed E-state index contributed by atoms with van der Waals surface area (Å²) in [4.78, 5) is 9.27. The van der Waals surface area contributed by atoms with Crippen LogP contribution in [0.15, 0.2) is 84.3 Å². The van der Waals surface area contributed by atoms with Gasteiger partial charge in [0.1, 0.15) is 0 Å². The van der Waals surface area contributed by atoms with Crippen molar-refractivity contribution in [2.75, 3.05) is 0 Å². The summed E-state index contributed by atoms with van der Waals surface area (Å²) in [6, 6.07) is 24.0. The largest absolute Gasteiger partial charge is 0.294 e. The van der Waals surface area contributed by atoms with E-state index in [1.165, 1.54) is 3.57 Å². The van der Waals surface area contributed by atoms with Crippen molar-refractivity contribution < 1.29 is 0 Å². The highest BCUT2D eigenvalue weighted by atomic mass is 127. The second-order valence-electron chi connectivity index (χ2n) is 6.05. The number of aromatic nitrogens is 3.